The summed E-state index contributed by atoms with van der Waals surface area (Å²) in [4.78, 5) is 14.1. The summed E-state index contributed by atoms with van der Waals surface area (Å²) in [6.07, 6.45) is 0. The van der Waals surface area contributed by atoms with Crippen molar-refractivity contribution in [2.45, 2.75) is 0 Å². The minimum Gasteiger partial charge on any atom is -0.309 e. The molecule has 72 heavy (non-hydrogen) atoms. The molecule has 6 heteroatoms. The van der Waals surface area contributed by atoms with Crippen molar-refractivity contribution in [2.75, 3.05) is 0 Å². The van der Waals surface area contributed by atoms with Crippen molar-refractivity contribution in [3.63, 3.8) is 0 Å². The van der Waals surface area contributed by atoms with Gasteiger partial charge in [0, 0.05) is 49.4 Å². The van der Waals surface area contributed by atoms with Gasteiger partial charge >= 0.3 is 0 Å². The number of nitriles is 1. The minimum atomic E-state index is 0.621. The maximum Gasteiger partial charge on any atom is 0.187 e. The van der Waals surface area contributed by atoms with Gasteiger partial charge in [0.25, 0.3) is 0 Å². The Kier molecular flexibility index (Phi) is 10.2. The standard InChI is InChI=1S/C66H40N6/c1-68-51-33-28-45(29-34-51)49-31-36-64-56(39-49)53-19-9-13-23-62(53)72(64)65-37-32-50(59-41-58(46-14-4-2-5-15-46)69-66(70-59)47-16-6-3-7-17-47)40-57(65)54-20-10-12-22-61(54)71-60-21-11-8-18-52(60)55-38-48(30-35-63(55)71)44-26-24-43(42-67)25-27-44/h2-41H. The highest BCUT2D eigenvalue weighted by Crippen LogP contribution is 2.44. The Morgan fingerprint density at radius 3 is 1.43 bits per heavy atom. The first-order valence-corrected chi connectivity index (χ1v) is 23.9. The molecule has 0 radical (unpaired) electrons. The smallest absolute Gasteiger partial charge is 0.187 e. The number of nitrogens with zero attached hydrogens (tertiary/aromatic N) is 6. The Morgan fingerprint density at radius 2 is 0.833 bits per heavy atom. The fraction of sp³-hybridized carbons (Fsp3) is 0. The summed E-state index contributed by atoms with van der Waals surface area (Å²) in [7, 11) is 0. The van der Waals surface area contributed by atoms with Crippen LogP contribution in [0.5, 0.6) is 0 Å². The van der Waals surface area contributed by atoms with Gasteiger partial charge in [0.2, 0.25) is 0 Å². The molecule has 0 aliphatic carbocycles. The zero-order chi connectivity index (χ0) is 48.1. The van der Waals surface area contributed by atoms with E-state index in [1.807, 2.05) is 84.9 Å². The molecule has 13 aromatic rings. The van der Waals surface area contributed by atoms with Gasteiger partial charge in [-0.3, -0.25) is 0 Å². The second kappa shape index (κ2) is 17.4. The van der Waals surface area contributed by atoms with Crippen LogP contribution in [0.2, 0.25) is 0 Å². The molecular weight excluding hydrogens is 877 g/mol. The summed E-state index contributed by atoms with van der Waals surface area (Å²) in [5.74, 6) is 0.658. The molecule has 0 saturated carbocycles. The Morgan fingerprint density at radius 1 is 0.361 bits per heavy atom. The molecule has 0 atom stereocenters. The van der Waals surface area contributed by atoms with E-state index in [1.54, 1.807) is 0 Å². The fourth-order valence-corrected chi connectivity index (χ4v) is 10.4. The average Bonchev–Trinajstić information content (AvgIpc) is 3.97. The van der Waals surface area contributed by atoms with E-state index in [1.165, 1.54) is 0 Å². The monoisotopic (exact) mass is 916 g/mol. The van der Waals surface area contributed by atoms with Crippen LogP contribution in [0.4, 0.5) is 5.69 Å². The quantitative estimate of drug-likeness (QED) is 0.143. The SMILES string of the molecule is [C-]#[N+]c1ccc(-c2ccc3c(c2)c2ccccc2n3-c2ccc(-c3cc(-c4ccccc4)nc(-c4ccccc4)n3)cc2-c2ccccc2-n2c3ccccc3c3cc(-c4ccc(C#N)cc4)ccc32)cc1. The van der Waals surface area contributed by atoms with Gasteiger partial charge < -0.3 is 9.13 Å². The first-order chi connectivity index (χ1) is 35.6. The zero-order valence-electron chi connectivity index (χ0n) is 38.8. The van der Waals surface area contributed by atoms with Crippen molar-refractivity contribution in [1.29, 1.82) is 5.26 Å². The van der Waals surface area contributed by atoms with E-state index in [-0.39, 0.29) is 0 Å². The zero-order valence-corrected chi connectivity index (χ0v) is 38.8. The Hall–Kier alpha value is -10.1. The van der Waals surface area contributed by atoms with Crippen molar-refractivity contribution in [3.05, 3.63) is 260 Å². The summed E-state index contributed by atoms with van der Waals surface area (Å²) in [5.41, 5.74) is 18.6. The molecule has 0 unspecified atom stereocenters. The van der Waals surface area contributed by atoms with E-state index in [9.17, 15) is 5.26 Å². The van der Waals surface area contributed by atoms with Gasteiger partial charge in [0.15, 0.2) is 11.5 Å². The van der Waals surface area contributed by atoms with Crippen molar-refractivity contribution >= 4 is 49.3 Å². The van der Waals surface area contributed by atoms with Crippen LogP contribution < -0.4 is 0 Å². The molecule has 0 N–H and O–H groups in total. The summed E-state index contributed by atoms with van der Waals surface area (Å²) in [5, 5.41) is 14.1. The molecule has 334 valence electrons. The van der Waals surface area contributed by atoms with E-state index in [0.29, 0.717) is 17.1 Å². The highest BCUT2D eigenvalue weighted by atomic mass is 15.0. The lowest BCUT2D eigenvalue weighted by Crippen LogP contribution is -2.02. The summed E-state index contributed by atoms with van der Waals surface area (Å²) in [6.45, 7) is 7.51. The number of para-hydroxylation sites is 3. The third-order valence-corrected chi connectivity index (χ3v) is 13.8. The van der Waals surface area contributed by atoms with Gasteiger partial charge in [0.05, 0.1) is 63.0 Å². The Bertz CT molecular complexity index is 4270. The number of fused-ring (bicyclic) bond motifs is 6. The maximum atomic E-state index is 9.52. The number of rotatable bonds is 8. The predicted molar refractivity (Wildman–Crippen MR) is 294 cm³/mol. The van der Waals surface area contributed by atoms with Crippen LogP contribution in [0.3, 0.4) is 0 Å². The molecule has 0 spiro atoms. The molecule has 13 rings (SSSR count). The minimum absolute atomic E-state index is 0.621. The van der Waals surface area contributed by atoms with Gasteiger partial charge in [-0.05, 0) is 95.1 Å². The topological polar surface area (TPSA) is 63.8 Å². The van der Waals surface area contributed by atoms with Crippen molar-refractivity contribution in [3.8, 4) is 84.7 Å². The number of hydrogen-bond acceptors (Lipinski definition) is 3. The summed E-state index contributed by atoms with van der Waals surface area (Å²) in [6, 6.07) is 86.7. The number of benzene rings is 10. The first kappa shape index (κ1) is 42.0. The van der Waals surface area contributed by atoms with Crippen molar-refractivity contribution < 1.29 is 0 Å². The number of aromatic nitrogens is 4. The van der Waals surface area contributed by atoms with Gasteiger partial charge in [-0.2, -0.15) is 5.26 Å². The highest BCUT2D eigenvalue weighted by molar-refractivity contribution is 6.13. The van der Waals surface area contributed by atoms with E-state index >= 15 is 0 Å². The van der Waals surface area contributed by atoms with E-state index < -0.39 is 0 Å². The Labute approximate surface area is 416 Å². The predicted octanol–water partition coefficient (Wildman–Crippen LogP) is 17.1. The first-order valence-electron chi connectivity index (χ1n) is 23.9. The van der Waals surface area contributed by atoms with Crippen LogP contribution in [0.15, 0.2) is 243 Å². The van der Waals surface area contributed by atoms with Gasteiger partial charge in [-0.15, -0.1) is 0 Å². The molecule has 0 saturated heterocycles. The van der Waals surface area contributed by atoms with E-state index in [2.05, 4.69) is 178 Å². The fourth-order valence-electron chi connectivity index (χ4n) is 10.4. The lowest BCUT2D eigenvalue weighted by atomic mass is 9.96. The van der Waals surface area contributed by atoms with Crippen LogP contribution >= 0.6 is 0 Å². The molecule has 0 bridgehead atoms. The highest BCUT2D eigenvalue weighted by Gasteiger charge is 2.22. The normalized spacial score (nSPS) is 11.3. The Balaban J connectivity index is 1.07. The third kappa shape index (κ3) is 7.19. The second-order valence-electron chi connectivity index (χ2n) is 18.0. The average molecular weight is 917 g/mol. The van der Waals surface area contributed by atoms with Gasteiger partial charge in [-0.25, -0.2) is 14.8 Å². The third-order valence-electron chi connectivity index (χ3n) is 13.8. The maximum absolute atomic E-state index is 9.52. The van der Waals surface area contributed by atoms with Crippen LogP contribution in [-0.4, -0.2) is 19.1 Å². The van der Waals surface area contributed by atoms with Crippen LogP contribution in [0, 0.1) is 17.9 Å². The van der Waals surface area contributed by atoms with Gasteiger partial charge in [0.1, 0.15) is 0 Å². The molecule has 3 heterocycles. The summed E-state index contributed by atoms with van der Waals surface area (Å²) < 4.78 is 4.81. The molecule has 0 amide bonds. The number of hydrogen-bond donors (Lipinski definition) is 0. The molecule has 10 aromatic carbocycles. The second-order valence-corrected chi connectivity index (χ2v) is 18.0. The lowest BCUT2D eigenvalue weighted by molar-refractivity contribution is 1.16. The summed E-state index contributed by atoms with van der Waals surface area (Å²) >= 11 is 0. The molecule has 0 aliphatic heterocycles. The van der Waals surface area contributed by atoms with Gasteiger partial charge in [-0.1, -0.05) is 170 Å². The molecular formula is C66H40N6. The largest absolute Gasteiger partial charge is 0.309 e. The van der Waals surface area contributed by atoms with Crippen molar-refractivity contribution in [1.82, 2.24) is 19.1 Å². The van der Waals surface area contributed by atoms with Crippen molar-refractivity contribution in [2.24, 2.45) is 0 Å². The molecule has 0 fully saturated rings. The van der Waals surface area contributed by atoms with Crippen LogP contribution in [0.25, 0.3) is 127 Å². The van der Waals surface area contributed by atoms with Crippen LogP contribution in [-0.2, 0) is 0 Å². The molecule has 6 nitrogen and oxygen atoms in total. The van der Waals surface area contributed by atoms with E-state index in [0.717, 1.165) is 116 Å². The molecule has 0 aliphatic rings. The van der Waals surface area contributed by atoms with E-state index in [4.69, 9.17) is 16.5 Å². The van der Waals surface area contributed by atoms with Crippen LogP contribution in [0.1, 0.15) is 5.56 Å². The molecule has 3 aromatic heterocycles. The lowest BCUT2D eigenvalue weighted by Gasteiger charge is -2.20.